The van der Waals surface area contributed by atoms with Gasteiger partial charge in [0.2, 0.25) is 6.41 Å². The molecule has 1 saturated carbocycles. The summed E-state index contributed by atoms with van der Waals surface area (Å²) in [5.41, 5.74) is 2.12. The van der Waals surface area contributed by atoms with E-state index in [1.54, 1.807) is 23.1 Å². The Hall–Kier alpha value is -2.40. The van der Waals surface area contributed by atoms with Crippen molar-refractivity contribution in [1.82, 2.24) is 10.3 Å². The number of nitrogens with one attached hydrogen (secondary N) is 1. The van der Waals surface area contributed by atoms with Gasteiger partial charge in [0, 0.05) is 29.0 Å². The van der Waals surface area contributed by atoms with Gasteiger partial charge in [-0.1, -0.05) is 36.6 Å². The van der Waals surface area contributed by atoms with E-state index in [0.29, 0.717) is 23.2 Å². The van der Waals surface area contributed by atoms with Gasteiger partial charge in [-0.2, -0.15) is 0 Å². The summed E-state index contributed by atoms with van der Waals surface area (Å²) in [6, 6.07) is 13.0. The number of aromatic nitrogens is 1. The zero-order chi connectivity index (χ0) is 19.9. The van der Waals surface area contributed by atoms with Crippen LogP contribution in [-0.2, 0) is 4.79 Å². The van der Waals surface area contributed by atoms with Crippen molar-refractivity contribution >= 4 is 29.6 Å². The third kappa shape index (κ3) is 5.55. The molecular formula is C22H26ClN3O2. The summed E-state index contributed by atoms with van der Waals surface area (Å²) in [6.07, 6.45) is 5.88. The molecule has 0 spiro atoms. The fourth-order valence-electron chi connectivity index (χ4n) is 3.83. The van der Waals surface area contributed by atoms with E-state index >= 15 is 0 Å². The molecule has 0 saturated heterocycles. The highest BCUT2D eigenvalue weighted by molar-refractivity contribution is 6.30. The van der Waals surface area contributed by atoms with E-state index in [1.165, 1.54) is 0 Å². The summed E-state index contributed by atoms with van der Waals surface area (Å²) in [6.45, 7) is 2.53. The van der Waals surface area contributed by atoms with Crippen molar-refractivity contribution in [1.29, 1.82) is 0 Å². The Morgan fingerprint density at radius 2 is 2.11 bits per heavy atom. The first-order valence-electron chi connectivity index (χ1n) is 9.77. The molecule has 0 radical (unpaired) electrons. The highest BCUT2D eigenvalue weighted by Crippen LogP contribution is 2.28. The first-order chi connectivity index (χ1) is 13.5. The quantitative estimate of drug-likeness (QED) is 0.702. The predicted molar refractivity (Wildman–Crippen MR) is 112 cm³/mol. The molecule has 2 atom stereocenters. The van der Waals surface area contributed by atoms with Crippen molar-refractivity contribution in [3.63, 3.8) is 0 Å². The number of aryl methyl sites for hydroxylation is 1. The lowest BCUT2D eigenvalue weighted by Gasteiger charge is -2.31. The standard InChI is InChI=1S/C22H26ClN3O2/c1-16-5-2-10-21(24-16)22(28)25-19-8-3-6-17(13-19)11-12-26(15-27)20-9-4-7-18(23)14-20/h2,4-5,7,9-10,14-15,17,19H,3,6,8,11-13H2,1H3,(H,25,28). The maximum atomic E-state index is 12.5. The van der Waals surface area contributed by atoms with Crippen LogP contribution in [-0.4, -0.2) is 29.9 Å². The number of amides is 2. The second-order valence-electron chi connectivity index (χ2n) is 7.43. The molecule has 0 aliphatic heterocycles. The fourth-order valence-corrected chi connectivity index (χ4v) is 4.02. The monoisotopic (exact) mass is 399 g/mol. The molecule has 0 bridgehead atoms. The van der Waals surface area contributed by atoms with Crippen LogP contribution in [0.25, 0.3) is 0 Å². The second-order valence-corrected chi connectivity index (χ2v) is 7.87. The van der Waals surface area contributed by atoms with E-state index in [0.717, 1.165) is 49.9 Å². The van der Waals surface area contributed by atoms with E-state index in [-0.39, 0.29) is 11.9 Å². The van der Waals surface area contributed by atoms with Gasteiger partial charge >= 0.3 is 0 Å². The lowest BCUT2D eigenvalue weighted by Crippen LogP contribution is -2.39. The van der Waals surface area contributed by atoms with Crippen LogP contribution in [0.1, 0.15) is 48.3 Å². The summed E-state index contributed by atoms with van der Waals surface area (Å²) >= 11 is 6.03. The largest absolute Gasteiger partial charge is 0.348 e. The van der Waals surface area contributed by atoms with E-state index in [2.05, 4.69) is 10.3 Å². The van der Waals surface area contributed by atoms with E-state index in [1.807, 2.05) is 31.2 Å². The second kappa shape index (κ2) is 9.69. The summed E-state index contributed by atoms with van der Waals surface area (Å²) in [5, 5.41) is 3.75. The number of nitrogens with zero attached hydrogens (tertiary/aromatic N) is 2. The maximum absolute atomic E-state index is 12.5. The molecule has 1 aliphatic rings. The smallest absolute Gasteiger partial charge is 0.270 e. The number of carbonyl (C=O) groups excluding carboxylic acids is 2. The van der Waals surface area contributed by atoms with Crippen molar-refractivity contribution in [2.45, 2.75) is 45.1 Å². The first kappa shape index (κ1) is 20.3. The maximum Gasteiger partial charge on any atom is 0.270 e. The number of hydrogen-bond donors (Lipinski definition) is 1. The summed E-state index contributed by atoms with van der Waals surface area (Å²) in [7, 11) is 0. The summed E-state index contributed by atoms with van der Waals surface area (Å²) < 4.78 is 0. The Labute approximate surface area is 171 Å². The van der Waals surface area contributed by atoms with Crippen LogP contribution in [0, 0.1) is 12.8 Å². The number of halogens is 1. The van der Waals surface area contributed by atoms with Gasteiger partial charge in [-0.3, -0.25) is 9.59 Å². The number of anilines is 1. The summed E-state index contributed by atoms with van der Waals surface area (Å²) in [4.78, 5) is 30.0. The van der Waals surface area contributed by atoms with Crippen molar-refractivity contribution in [2.24, 2.45) is 5.92 Å². The Bertz CT molecular complexity index is 827. The molecule has 2 aromatic rings. The molecule has 3 rings (SSSR count). The minimum Gasteiger partial charge on any atom is -0.348 e. The van der Waals surface area contributed by atoms with Gasteiger partial charge < -0.3 is 10.2 Å². The van der Waals surface area contributed by atoms with Gasteiger partial charge in [0.1, 0.15) is 5.69 Å². The molecular weight excluding hydrogens is 374 g/mol. The third-order valence-electron chi connectivity index (χ3n) is 5.28. The Morgan fingerprint density at radius 3 is 2.86 bits per heavy atom. The van der Waals surface area contributed by atoms with Crippen LogP contribution < -0.4 is 10.2 Å². The van der Waals surface area contributed by atoms with Gasteiger partial charge in [0.15, 0.2) is 0 Å². The molecule has 1 aromatic carbocycles. The van der Waals surface area contributed by atoms with Gasteiger partial charge in [0.05, 0.1) is 0 Å². The van der Waals surface area contributed by atoms with Gasteiger partial charge in [-0.15, -0.1) is 0 Å². The molecule has 1 aliphatic carbocycles. The highest BCUT2D eigenvalue weighted by Gasteiger charge is 2.24. The van der Waals surface area contributed by atoms with Gasteiger partial charge in [0.25, 0.3) is 5.91 Å². The lowest BCUT2D eigenvalue weighted by atomic mass is 9.83. The zero-order valence-corrected chi connectivity index (χ0v) is 16.9. The molecule has 6 heteroatoms. The average molecular weight is 400 g/mol. The normalized spacial score (nSPS) is 19.1. The van der Waals surface area contributed by atoms with Crippen LogP contribution in [0.5, 0.6) is 0 Å². The topological polar surface area (TPSA) is 62.3 Å². The average Bonchev–Trinajstić information content (AvgIpc) is 2.69. The van der Waals surface area contributed by atoms with Crippen molar-refractivity contribution in [3.05, 3.63) is 58.9 Å². The number of rotatable bonds is 7. The molecule has 2 amide bonds. The van der Waals surface area contributed by atoms with Gasteiger partial charge in [-0.25, -0.2) is 4.98 Å². The van der Waals surface area contributed by atoms with E-state index in [4.69, 9.17) is 11.6 Å². The zero-order valence-electron chi connectivity index (χ0n) is 16.1. The highest BCUT2D eigenvalue weighted by atomic mass is 35.5. The summed E-state index contributed by atoms with van der Waals surface area (Å²) in [5.74, 6) is 0.369. The van der Waals surface area contributed by atoms with Crippen molar-refractivity contribution < 1.29 is 9.59 Å². The SMILES string of the molecule is Cc1cccc(C(=O)NC2CCCC(CCN(C=O)c3cccc(Cl)c3)C2)n1. The molecule has 1 heterocycles. The van der Waals surface area contributed by atoms with Crippen molar-refractivity contribution in [2.75, 3.05) is 11.4 Å². The number of pyridine rings is 1. The Balaban J connectivity index is 1.53. The molecule has 148 valence electrons. The lowest BCUT2D eigenvalue weighted by molar-refractivity contribution is -0.107. The number of hydrogen-bond acceptors (Lipinski definition) is 3. The molecule has 28 heavy (non-hydrogen) atoms. The minimum atomic E-state index is -0.109. The number of carbonyl (C=O) groups is 2. The van der Waals surface area contributed by atoms with Crippen LogP contribution in [0.2, 0.25) is 5.02 Å². The first-order valence-corrected chi connectivity index (χ1v) is 10.1. The molecule has 5 nitrogen and oxygen atoms in total. The van der Waals surface area contributed by atoms with Crippen LogP contribution in [0.3, 0.4) is 0 Å². The van der Waals surface area contributed by atoms with E-state index < -0.39 is 0 Å². The van der Waals surface area contributed by atoms with Crippen LogP contribution >= 0.6 is 11.6 Å². The Kier molecular flexibility index (Phi) is 7.04. The fraction of sp³-hybridized carbons (Fsp3) is 0.409. The molecule has 2 unspecified atom stereocenters. The van der Waals surface area contributed by atoms with Gasteiger partial charge in [-0.05, 0) is 62.4 Å². The predicted octanol–water partition coefficient (Wildman–Crippen LogP) is 4.39. The molecule has 1 aromatic heterocycles. The number of benzene rings is 1. The van der Waals surface area contributed by atoms with Crippen LogP contribution in [0.4, 0.5) is 5.69 Å². The van der Waals surface area contributed by atoms with Crippen molar-refractivity contribution in [3.8, 4) is 0 Å². The van der Waals surface area contributed by atoms with Crippen LogP contribution in [0.15, 0.2) is 42.5 Å². The Morgan fingerprint density at radius 1 is 1.29 bits per heavy atom. The third-order valence-corrected chi connectivity index (χ3v) is 5.52. The van der Waals surface area contributed by atoms with E-state index in [9.17, 15) is 9.59 Å². The molecule has 1 N–H and O–H groups in total. The minimum absolute atomic E-state index is 0.109. The molecule has 1 fully saturated rings.